The van der Waals surface area contributed by atoms with Crippen molar-refractivity contribution < 1.29 is 22.4 Å². The number of hydrogen-bond acceptors (Lipinski definition) is 3. The summed E-state index contributed by atoms with van der Waals surface area (Å²) in [6, 6.07) is 3.47. The molecule has 18 heavy (non-hydrogen) atoms. The molecule has 0 saturated heterocycles. The average Bonchev–Trinajstić information content (AvgIpc) is 2.78. The first-order chi connectivity index (χ1) is 8.41. The van der Waals surface area contributed by atoms with E-state index < -0.39 is 17.0 Å². The first kappa shape index (κ1) is 12.7. The van der Waals surface area contributed by atoms with E-state index in [1.807, 2.05) is 0 Å². The van der Waals surface area contributed by atoms with Gasteiger partial charge in [0.2, 0.25) is 0 Å². The summed E-state index contributed by atoms with van der Waals surface area (Å²) in [4.78, 5) is 13.8. The van der Waals surface area contributed by atoms with Crippen molar-refractivity contribution in [2.45, 2.75) is 6.18 Å². The van der Waals surface area contributed by atoms with Gasteiger partial charge in [0.25, 0.3) is 0 Å². The Hall–Kier alpha value is -1.76. The molecule has 2 rings (SSSR count). The quantitative estimate of drug-likeness (QED) is 0.616. The van der Waals surface area contributed by atoms with E-state index in [0.717, 1.165) is 12.3 Å². The van der Waals surface area contributed by atoms with Crippen molar-refractivity contribution in [2.24, 2.45) is 0 Å². The minimum atomic E-state index is -4.55. The average molecular weight is 275 g/mol. The zero-order valence-corrected chi connectivity index (χ0v) is 9.48. The van der Waals surface area contributed by atoms with Crippen LogP contribution in [0.4, 0.5) is 17.6 Å². The van der Waals surface area contributed by atoms with Gasteiger partial charge in [-0.2, -0.15) is 13.2 Å². The summed E-state index contributed by atoms with van der Waals surface area (Å²) < 4.78 is 50.6. The number of thiazole rings is 1. The standard InChI is InChI=1S/C11H5F4NOS/c12-8-2-1-6(5-17)3-7(8)9-4-16-10(18-9)11(13,14)15/h1-5H. The first-order valence-corrected chi connectivity index (χ1v) is 5.51. The van der Waals surface area contributed by atoms with E-state index in [1.165, 1.54) is 12.1 Å². The first-order valence-electron chi connectivity index (χ1n) is 4.70. The highest BCUT2D eigenvalue weighted by Crippen LogP contribution is 2.37. The number of aromatic nitrogens is 1. The number of halogens is 4. The number of carbonyl (C=O) groups excluding carboxylic acids is 1. The topological polar surface area (TPSA) is 30.0 Å². The lowest BCUT2D eigenvalue weighted by atomic mass is 10.1. The Balaban J connectivity index is 2.49. The van der Waals surface area contributed by atoms with Crippen LogP contribution in [0.3, 0.4) is 0 Å². The van der Waals surface area contributed by atoms with E-state index >= 15 is 0 Å². The molecule has 0 aliphatic heterocycles. The zero-order valence-electron chi connectivity index (χ0n) is 8.66. The Labute approximate surface area is 103 Å². The van der Waals surface area contributed by atoms with Gasteiger partial charge in [-0.1, -0.05) is 0 Å². The molecule has 0 atom stereocenters. The SMILES string of the molecule is O=Cc1ccc(F)c(-c2cnc(C(F)(F)F)s2)c1. The highest BCUT2D eigenvalue weighted by molar-refractivity contribution is 7.15. The van der Waals surface area contributed by atoms with Crippen LogP contribution in [0.25, 0.3) is 10.4 Å². The van der Waals surface area contributed by atoms with Gasteiger partial charge >= 0.3 is 6.18 Å². The van der Waals surface area contributed by atoms with Gasteiger partial charge in [-0.25, -0.2) is 9.37 Å². The normalized spacial score (nSPS) is 11.6. The van der Waals surface area contributed by atoms with Crippen LogP contribution < -0.4 is 0 Å². The van der Waals surface area contributed by atoms with E-state index in [-0.39, 0.29) is 16.0 Å². The molecule has 0 aliphatic rings. The third-order valence-corrected chi connectivity index (χ3v) is 3.22. The largest absolute Gasteiger partial charge is 0.443 e. The van der Waals surface area contributed by atoms with Gasteiger partial charge in [-0.15, -0.1) is 11.3 Å². The molecule has 2 aromatic rings. The molecule has 1 aromatic carbocycles. The van der Waals surface area contributed by atoms with Crippen molar-refractivity contribution in [1.82, 2.24) is 4.98 Å². The van der Waals surface area contributed by atoms with Crippen molar-refractivity contribution >= 4 is 17.6 Å². The summed E-state index contributed by atoms with van der Waals surface area (Å²) in [5, 5.41) is -1.05. The van der Waals surface area contributed by atoms with Crippen molar-refractivity contribution in [3.05, 3.63) is 40.8 Å². The monoisotopic (exact) mass is 275 g/mol. The number of alkyl halides is 3. The smallest absolute Gasteiger partial charge is 0.298 e. The summed E-state index contributed by atoms with van der Waals surface area (Å²) in [7, 11) is 0. The summed E-state index contributed by atoms with van der Waals surface area (Å²) in [5.74, 6) is -0.696. The van der Waals surface area contributed by atoms with Gasteiger partial charge < -0.3 is 0 Å². The second kappa shape index (κ2) is 4.49. The molecular weight excluding hydrogens is 270 g/mol. The molecule has 1 aromatic heterocycles. The second-order valence-electron chi connectivity index (χ2n) is 3.38. The molecule has 0 bridgehead atoms. The van der Waals surface area contributed by atoms with Crippen LogP contribution in [0, 0.1) is 5.82 Å². The highest BCUT2D eigenvalue weighted by atomic mass is 32.1. The zero-order chi connectivity index (χ0) is 13.3. The molecule has 0 fully saturated rings. The summed E-state index contributed by atoms with van der Waals surface area (Å²) >= 11 is 0.334. The minimum absolute atomic E-state index is 0.0310. The van der Waals surface area contributed by atoms with Crippen LogP contribution >= 0.6 is 11.3 Å². The van der Waals surface area contributed by atoms with Crippen LogP contribution in [0.15, 0.2) is 24.4 Å². The van der Waals surface area contributed by atoms with E-state index in [0.29, 0.717) is 17.6 Å². The third-order valence-electron chi connectivity index (χ3n) is 2.14. The number of benzene rings is 1. The molecule has 0 N–H and O–H groups in total. The Morgan fingerprint density at radius 1 is 1.28 bits per heavy atom. The molecule has 0 amide bonds. The number of carbonyl (C=O) groups is 1. The van der Waals surface area contributed by atoms with E-state index in [1.54, 1.807) is 0 Å². The number of aldehydes is 1. The lowest BCUT2D eigenvalue weighted by molar-refractivity contribution is -0.137. The maximum atomic E-state index is 13.5. The molecule has 94 valence electrons. The van der Waals surface area contributed by atoms with Crippen molar-refractivity contribution in [1.29, 1.82) is 0 Å². The molecule has 0 aliphatic carbocycles. The van der Waals surface area contributed by atoms with Crippen molar-refractivity contribution in [3.8, 4) is 10.4 Å². The minimum Gasteiger partial charge on any atom is -0.298 e. The van der Waals surface area contributed by atoms with Crippen LogP contribution in [-0.2, 0) is 6.18 Å². The van der Waals surface area contributed by atoms with E-state index in [4.69, 9.17) is 0 Å². The highest BCUT2D eigenvalue weighted by Gasteiger charge is 2.34. The van der Waals surface area contributed by atoms with Gasteiger partial charge in [0.1, 0.15) is 12.1 Å². The maximum absolute atomic E-state index is 13.5. The fourth-order valence-corrected chi connectivity index (χ4v) is 2.14. The Morgan fingerprint density at radius 2 is 2.00 bits per heavy atom. The van der Waals surface area contributed by atoms with E-state index in [2.05, 4.69) is 4.98 Å². The van der Waals surface area contributed by atoms with E-state index in [9.17, 15) is 22.4 Å². The van der Waals surface area contributed by atoms with Crippen LogP contribution in [-0.4, -0.2) is 11.3 Å². The maximum Gasteiger partial charge on any atom is 0.443 e. The molecule has 2 nitrogen and oxygen atoms in total. The molecule has 0 spiro atoms. The lowest BCUT2D eigenvalue weighted by Crippen LogP contribution is -2.02. The second-order valence-corrected chi connectivity index (χ2v) is 4.42. The van der Waals surface area contributed by atoms with Gasteiger partial charge in [0, 0.05) is 17.3 Å². The summed E-state index contributed by atoms with van der Waals surface area (Å²) in [6.07, 6.45) is -3.11. The van der Waals surface area contributed by atoms with Crippen LogP contribution in [0.2, 0.25) is 0 Å². The fraction of sp³-hybridized carbons (Fsp3) is 0.0909. The van der Waals surface area contributed by atoms with Crippen molar-refractivity contribution in [3.63, 3.8) is 0 Å². The summed E-state index contributed by atoms with van der Waals surface area (Å²) in [6.45, 7) is 0. The number of nitrogens with zero attached hydrogens (tertiary/aromatic N) is 1. The lowest BCUT2D eigenvalue weighted by Gasteiger charge is -2.01. The Morgan fingerprint density at radius 3 is 2.56 bits per heavy atom. The van der Waals surface area contributed by atoms with Crippen LogP contribution in [0.5, 0.6) is 0 Å². The molecule has 7 heteroatoms. The Kier molecular flexibility index (Phi) is 3.16. The molecule has 0 unspecified atom stereocenters. The Bertz CT molecular complexity index is 591. The van der Waals surface area contributed by atoms with Gasteiger partial charge in [-0.3, -0.25) is 4.79 Å². The van der Waals surface area contributed by atoms with Crippen molar-refractivity contribution in [2.75, 3.05) is 0 Å². The number of hydrogen-bond donors (Lipinski definition) is 0. The fourth-order valence-electron chi connectivity index (χ4n) is 1.33. The molecule has 0 saturated carbocycles. The predicted octanol–water partition coefficient (Wildman–Crippen LogP) is 3.78. The number of rotatable bonds is 2. The third kappa shape index (κ3) is 2.40. The van der Waals surface area contributed by atoms with Crippen LogP contribution in [0.1, 0.15) is 15.4 Å². The molecular formula is C11H5F4NOS. The van der Waals surface area contributed by atoms with Gasteiger partial charge in [0.05, 0.1) is 4.88 Å². The predicted molar refractivity (Wildman–Crippen MR) is 57.9 cm³/mol. The summed E-state index contributed by atoms with van der Waals surface area (Å²) in [5.41, 5.74) is 0.126. The van der Waals surface area contributed by atoms with Gasteiger partial charge in [-0.05, 0) is 18.2 Å². The van der Waals surface area contributed by atoms with Gasteiger partial charge in [0.15, 0.2) is 5.01 Å². The molecule has 0 radical (unpaired) electrons. The molecule has 1 heterocycles.